The molecule has 0 spiro atoms. The summed E-state index contributed by atoms with van der Waals surface area (Å²) in [5.74, 6) is -0.318. The predicted molar refractivity (Wildman–Crippen MR) is 72.5 cm³/mol. The predicted octanol–water partition coefficient (Wildman–Crippen LogP) is 2.48. The lowest BCUT2D eigenvalue weighted by molar-refractivity contribution is -0.152. The molecule has 1 heterocycles. The lowest BCUT2D eigenvalue weighted by Gasteiger charge is -2.39. The lowest BCUT2D eigenvalue weighted by atomic mass is 9.97. The summed E-state index contributed by atoms with van der Waals surface area (Å²) in [7, 11) is 0. The Labute approximate surface area is 123 Å². The smallest absolute Gasteiger partial charge is 0.342 e. The van der Waals surface area contributed by atoms with Gasteiger partial charge in [0.05, 0.1) is 0 Å². The van der Waals surface area contributed by atoms with Crippen LogP contribution >= 0.6 is 0 Å². The van der Waals surface area contributed by atoms with Gasteiger partial charge in [-0.3, -0.25) is 9.59 Å². The summed E-state index contributed by atoms with van der Waals surface area (Å²) in [6, 6.07) is -1.28. The molecule has 4 nitrogen and oxygen atoms in total. The van der Waals surface area contributed by atoms with E-state index in [1.165, 1.54) is 4.90 Å². The highest BCUT2D eigenvalue weighted by atomic mass is 19.4. The highest BCUT2D eigenvalue weighted by Crippen LogP contribution is 2.23. The summed E-state index contributed by atoms with van der Waals surface area (Å²) in [6.45, 7) is 5.58. The number of carbonyl (C=O) groups excluding carboxylic acids is 2. The van der Waals surface area contributed by atoms with Gasteiger partial charge in [0.15, 0.2) is 0 Å². The van der Waals surface area contributed by atoms with Crippen LogP contribution < -0.4 is 5.32 Å². The van der Waals surface area contributed by atoms with Gasteiger partial charge < -0.3 is 10.2 Å². The Morgan fingerprint density at radius 3 is 2.38 bits per heavy atom. The van der Waals surface area contributed by atoms with Crippen LogP contribution in [0.5, 0.6) is 0 Å². The molecule has 0 aromatic heterocycles. The summed E-state index contributed by atoms with van der Waals surface area (Å²) < 4.78 is 36.7. The molecular weight excluding hydrogens is 285 g/mol. The van der Waals surface area contributed by atoms with Gasteiger partial charge in [-0.15, -0.1) is 0 Å². The molecule has 2 atom stereocenters. The summed E-state index contributed by atoms with van der Waals surface area (Å²) >= 11 is 0. The summed E-state index contributed by atoms with van der Waals surface area (Å²) in [5.41, 5.74) is 0. The molecule has 0 aromatic rings. The maximum Gasteiger partial charge on any atom is 0.389 e. The van der Waals surface area contributed by atoms with Crippen LogP contribution in [-0.4, -0.2) is 41.5 Å². The number of alkyl halides is 3. The molecule has 21 heavy (non-hydrogen) atoms. The number of nitrogens with zero attached hydrogens (tertiary/aromatic N) is 1. The molecule has 1 rings (SSSR count). The molecule has 1 N–H and O–H groups in total. The molecule has 122 valence electrons. The highest BCUT2D eigenvalue weighted by molar-refractivity contribution is 5.96. The first-order chi connectivity index (χ1) is 9.65. The highest BCUT2D eigenvalue weighted by Gasteiger charge is 2.39. The van der Waals surface area contributed by atoms with Crippen LogP contribution in [0.15, 0.2) is 0 Å². The number of piperazine rings is 1. The second-order valence-corrected chi connectivity index (χ2v) is 5.87. The van der Waals surface area contributed by atoms with Crippen LogP contribution in [0.4, 0.5) is 13.2 Å². The first kappa shape index (κ1) is 17.8. The van der Waals surface area contributed by atoms with Gasteiger partial charge in [0, 0.05) is 13.0 Å². The Bertz CT molecular complexity index is 383. The Hall–Kier alpha value is -1.27. The topological polar surface area (TPSA) is 49.4 Å². The standard InChI is InChI=1S/C14H23F3N2O2/c1-4-11-12(20)18-10(8-9(2)3)13(21)19(11)7-5-6-14(15,16)17/h9-11H,4-8H2,1-3H3,(H,18,20). The van der Waals surface area contributed by atoms with Crippen LogP contribution in [-0.2, 0) is 9.59 Å². The van der Waals surface area contributed by atoms with Crippen molar-refractivity contribution in [3.63, 3.8) is 0 Å². The van der Waals surface area contributed by atoms with Gasteiger partial charge in [-0.05, 0) is 25.2 Å². The van der Waals surface area contributed by atoms with Crippen LogP contribution in [0.25, 0.3) is 0 Å². The van der Waals surface area contributed by atoms with E-state index in [-0.39, 0.29) is 30.7 Å². The van der Waals surface area contributed by atoms with Crippen molar-refractivity contribution in [2.75, 3.05) is 6.54 Å². The van der Waals surface area contributed by atoms with Gasteiger partial charge in [0.2, 0.25) is 11.8 Å². The Morgan fingerprint density at radius 2 is 1.90 bits per heavy atom. The maximum atomic E-state index is 12.4. The molecule has 2 amide bonds. The zero-order valence-electron chi connectivity index (χ0n) is 12.7. The molecule has 1 aliphatic rings. The van der Waals surface area contributed by atoms with Gasteiger partial charge >= 0.3 is 6.18 Å². The molecular formula is C14H23F3N2O2. The van der Waals surface area contributed by atoms with Gasteiger partial charge in [0.25, 0.3) is 0 Å². The van der Waals surface area contributed by atoms with Gasteiger partial charge in [0.1, 0.15) is 12.1 Å². The van der Waals surface area contributed by atoms with E-state index in [2.05, 4.69) is 5.32 Å². The minimum absolute atomic E-state index is 0.0289. The number of hydrogen-bond donors (Lipinski definition) is 1. The number of hydrogen-bond acceptors (Lipinski definition) is 2. The van der Waals surface area contributed by atoms with Crippen LogP contribution in [0, 0.1) is 5.92 Å². The van der Waals surface area contributed by atoms with Crippen molar-refractivity contribution in [3.05, 3.63) is 0 Å². The van der Waals surface area contributed by atoms with E-state index in [9.17, 15) is 22.8 Å². The zero-order chi connectivity index (χ0) is 16.2. The maximum absolute atomic E-state index is 12.4. The minimum Gasteiger partial charge on any atom is -0.342 e. The SMILES string of the molecule is CCC1C(=O)NC(CC(C)C)C(=O)N1CCCC(F)(F)F. The van der Waals surface area contributed by atoms with E-state index >= 15 is 0 Å². The third-order valence-corrected chi connectivity index (χ3v) is 3.53. The van der Waals surface area contributed by atoms with Crippen molar-refractivity contribution in [1.82, 2.24) is 10.2 Å². The van der Waals surface area contributed by atoms with E-state index in [0.29, 0.717) is 12.8 Å². The first-order valence-electron chi connectivity index (χ1n) is 7.33. The molecule has 1 fully saturated rings. The molecule has 0 aromatic carbocycles. The summed E-state index contributed by atoms with van der Waals surface area (Å²) in [6.07, 6.45) is -4.45. The summed E-state index contributed by atoms with van der Waals surface area (Å²) in [4.78, 5) is 25.7. The number of carbonyl (C=O) groups is 2. The molecule has 0 bridgehead atoms. The molecule has 1 aliphatic heterocycles. The second-order valence-electron chi connectivity index (χ2n) is 5.87. The lowest BCUT2D eigenvalue weighted by Crippen LogP contribution is -2.63. The fourth-order valence-electron chi connectivity index (χ4n) is 2.58. The number of rotatable bonds is 6. The summed E-state index contributed by atoms with van der Waals surface area (Å²) in [5, 5.41) is 2.68. The van der Waals surface area contributed by atoms with Crippen LogP contribution in [0.3, 0.4) is 0 Å². The molecule has 1 saturated heterocycles. The Balaban J connectivity index is 2.74. The van der Waals surface area contributed by atoms with Crippen molar-refractivity contribution in [2.45, 2.75) is 64.7 Å². The normalized spacial score (nSPS) is 23.7. The van der Waals surface area contributed by atoms with Crippen molar-refractivity contribution < 1.29 is 22.8 Å². The molecule has 2 unspecified atom stereocenters. The van der Waals surface area contributed by atoms with Crippen molar-refractivity contribution in [2.24, 2.45) is 5.92 Å². The molecule has 0 saturated carbocycles. The largest absolute Gasteiger partial charge is 0.389 e. The van der Waals surface area contributed by atoms with Gasteiger partial charge in [-0.25, -0.2) is 0 Å². The van der Waals surface area contributed by atoms with E-state index in [1.54, 1.807) is 6.92 Å². The van der Waals surface area contributed by atoms with Crippen LogP contribution in [0.2, 0.25) is 0 Å². The monoisotopic (exact) mass is 308 g/mol. The van der Waals surface area contributed by atoms with E-state index < -0.39 is 24.7 Å². The third-order valence-electron chi connectivity index (χ3n) is 3.53. The Morgan fingerprint density at radius 1 is 1.29 bits per heavy atom. The van der Waals surface area contributed by atoms with Gasteiger partial charge in [-0.1, -0.05) is 20.8 Å². The number of amides is 2. The van der Waals surface area contributed by atoms with Crippen molar-refractivity contribution in [1.29, 1.82) is 0 Å². The zero-order valence-corrected chi connectivity index (χ0v) is 12.7. The third kappa shape index (κ3) is 5.21. The first-order valence-corrected chi connectivity index (χ1v) is 7.33. The average Bonchev–Trinajstić information content (AvgIpc) is 2.33. The molecule has 7 heteroatoms. The van der Waals surface area contributed by atoms with Gasteiger partial charge in [-0.2, -0.15) is 13.2 Å². The number of nitrogens with one attached hydrogen (secondary N) is 1. The Kier molecular flexibility index (Phi) is 6.04. The number of halogens is 3. The second kappa shape index (κ2) is 7.13. The fourth-order valence-corrected chi connectivity index (χ4v) is 2.58. The fraction of sp³-hybridized carbons (Fsp3) is 0.857. The van der Waals surface area contributed by atoms with Crippen molar-refractivity contribution in [3.8, 4) is 0 Å². The average molecular weight is 308 g/mol. The quantitative estimate of drug-likeness (QED) is 0.819. The van der Waals surface area contributed by atoms with E-state index in [1.807, 2.05) is 13.8 Å². The van der Waals surface area contributed by atoms with E-state index in [4.69, 9.17) is 0 Å². The molecule has 0 aliphatic carbocycles. The minimum atomic E-state index is -4.24. The van der Waals surface area contributed by atoms with E-state index in [0.717, 1.165) is 0 Å². The van der Waals surface area contributed by atoms with Crippen molar-refractivity contribution >= 4 is 11.8 Å². The van der Waals surface area contributed by atoms with Crippen LogP contribution in [0.1, 0.15) is 46.5 Å². The molecule has 0 radical (unpaired) electrons.